The Morgan fingerprint density at radius 2 is 1.68 bits per heavy atom. The monoisotopic (exact) mass is 385 g/mol. The molecule has 0 saturated carbocycles. The van der Waals surface area contributed by atoms with Crippen molar-refractivity contribution in [3.63, 3.8) is 0 Å². The van der Waals surface area contributed by atoms with E-state index < -0.39 is 29.6 Å². The summed E-state index contributed by atoms with van der Waals surface area (Å²) in [6.45, 7) is 0. The first-order valence-corrected chi connectivity index (χ1v) is 7.34. The van der Waals surface area contributed by atoms with Gasteiger partial charge >= 0.3 is 12.4 Å². The SMILES string of the molecule is Nn1c(SCC(=O)Nc2ccc(C(F)(F)F)cc2)nnc1C(F)(F)F. The fourth-order valence-corrected chi connectivity index (χ4v) is 2.29. The number of anilines is 1. The van der Waals surface area contributed by atoms with Crippen LogP contribution >= 0.6 is 11.8 Å². The molecule has 0 radical (unpaired) electrons. The van der Waals surface area contributed by atoms with Crippen LogP contribution in [0.25, 0.3) is 0 Å². The number of amides is 1. The van der Waals surface area contributed by atoms with Crippen molar-refractivity contribution < 1.29 is 31.1 Å². The second-order valence-corrected chi connectivity index (χ2v) is 5.53. The molecular formula is C12H9F6N5OS. The standard InChI is InChI=1S/C12H9F6N5OS/c13-11(14,15)6-1-3-7(4-2-6)20-8(24)5-25-10-22-21-9(23(10)19)12(16,17)18/h1-4H,5,19H2,(H,20,24). The highest BCUT2D eigenvalue weighted by atomic mass is 32.2. The molecule has 2 aromatic rings. The minimum Gasteiger partial charge on any atom is -0.335 e. The van der Waals surface area contributed by atoms with Crippen molar-refractivity contribution in [1.29, 1.82) is 0 Å². The number of nitrogens with two attached hydrogens (primary N) is 1. The highest BCUT2D eigenvalue weighted by Gasteiger charge is 2.38. The first-order chi connectivity index (χ1) is 11.5. The zero-order chi connectivity index (χ0) is 18.8. The summed E-state index contributed by atoms with van der Waals surface area (Å²) >= 11 is 0.591. The zero-order valence-corrected chi connectivity index (χ0v) is 12.8. The lowest BCUT2D eigenvalue weighted by atomic mass is 10.2. The third kappa shape index (κ3) is 4.78. The van der Waals surface area contributed by atoms with Crippen molar-refractivity contribution in [1.82, 2.24) is 14.9 Å². The van der Waals surface area contributed by atoms with E-state index in [1.165, 1.54) is 0 Å². The maximum atomic E-state index is 12.5. The van der Waals surface area contributed by atoms with Crippen LogP contribution in [-0.4, -0.2) is 26.5 Å². The highest BCUT2D eigenvalue weighted by molar-refractivity contribution is 7.99. The number of nitrogens with zero attached hydrogens (tertiary/aromatic N) is 3. The predicted molar refractivity (Wildman–Crippen MR) is 76.0 cm³/mol. The topological polar surface area (TPSA) is 85.8 Å². The maximum absolute atomic E-state index is 12.5. The summed E-state index contributed by atoms with van der Waals surface area (Å²) in [5, 5.41) is 8.07. The lowest BCUT2D eigenvalue weighted by Crippen LogP contribution is -2.22. The third-order valence-corrected chi connectivity index (χ3v) is 3.69. The smallest absolute Gasteiger partial charge is 0.335 e. The Hall–Kier alpha value is -2.44. The van der Waals surface area contributed by atoms with Gasteiger partial charge in [0.05, 0.1) is 11.3 Å². The molecule has 1 aromatic heterocycles. The summed E-state index contributed by atoms with van der Waals surface area (Å²) < 4.78 is 74.9. The van der Waals surface area contributed by atoms with Gasteiger partial charge in [0.25, 0.3) is 5.82 Å². The van der Waals surface area contributed by atoms with Gasteiger partial charge in [-0.05, 0) is 24.3 Å². The number of nitrogens with one attached hydrogen (secondary N) is 1. The van der Waals surface area contributed by atoms with Gasteiger partial charge in [-0.1, -0.05) is 11.8 Å². The van der Waals surface area contributed by atoms with E-state index in [2.05, 4.69) is 15.5 Å². The van der Waals surface area contributed by atoms with Crippen LogP contribution in [0, 0.1) is 0 Å². The summed E-state index contributed by atoms with van der Waals surface area (Å²) in [5.41, 5.74) is -0.778. The number of carbonyl (C=O) groups excluding carboxylic acids is 1. The Morgan fingerprint density at radius 1 is 1.08 bits per heavy atom. The average Bonchev–Trinajstić information content (AvgIpc) is 2.86. The Labute approximate surface area is 140 Å². The van der Waals surface area contributed by atoms with Crippen LogP contribution in [0.1, 0.15) is 11.4 Å². The largest absolute Gasteiger partial charge is 0.453 e. The van der Waals surface area contributed by atoms with Gasteiger partial charge in [-0.2, -0.15) is 26.3 Å². The first-order valence-electron chi connectivity index (χ1n) is 6.36. The van der Waals surface area contributed by atoms with Crippen molar-refractivity contribution in [2.24, 2.45) is 0 Å². The van der Waals surface area contributed by atoms with Crippen molar-refractivity contribution in [2.45, 2.75) is 17.5 Å². The average molecular weight is 385 g/mol. The number of halogens is 6. The molecule has 0 atom stereocenters. The Balaban J connectivity index is 1.94. The van der Waals surface area contributed by atoms with Crippen LogP contribution < -0.4 is 11.2 Å². The number of hydrogen-bond donors (Lipinski definition) is 2. The molecule has 13 heteroatoms. The molecule has 1 heterocycles. The van der Waals surface area contributed by atoms with Crippen LogP contribution in [0.4, 0.5) is 32.0 Å². The molecule has 0 bridgehead atoms. The zero-order valence-electron chi connectivity index (χ0n) is 12.0. The predicted octanol–water partition coefficient (Wildman–Crippen LogP) is 2.76. The van der Waals surface area contributed by atoms with E-state index in [0.717, 1.165) is 24.3 Å². The van der Waals surface area contributed by atoms with Crippen molar-refractivity contribution >= 4 is 23.4 Å². The fraction of sp³-hybridized carbons (Fsp3) is 0.250. The molecule has 2 rings (SSSR count). The maximum Gasteiger partial charge on any atom is 0.453 e. The van der Waals surface area contributed by atoms with Gasteiger partial charge in [-0.3, -0.25) is 4.79 Å². The normalized spacial score (nSPS) is 12.2. The summed E-state index contributed by atoms with van der Waals surface area (Å²) in [4.78, 5) is 11.7. The van der Waals surface area contributed by atoms with Gasteiger partial charge in [-0.25, -0.2) is 4.68 Å². The minimum atomic E-state index is -4.79. The number of thioether (sulfide) groups is 1. The first kappa shape index (κ1) is 18.9. The van der Waals surface area contributed by atoms with Crippen LogP contribution in [0.15, 0.2) is 29.4 Å². The second kappa shape index (κ2) is 6.82. The van der Waals surface area contributed by atoms with Crippen molar-refractivity contribution in [3.8, 4) is 0 Å². The summed E-state index contributed by atoms with van der Waals surface area (Å²) in [6, 6.07) is 3.68. The van der Waals surface area contributed by atoms with Gasteiger partial charge in [0.1, 0.15) is 0 Å². The van der Waals surface area contributed by atoms with Gasteiger partial charge < -0.3 is 11.2 Å². The molecule has 25 heavy (non-hydrogen) atoms. The molecule has 0 aliphatic heterocycles. The van der Waals surface area contributed by atoms with E-state index in [-0.39, 0.29) is 21.3 Å². The van der Waals surface area contributed by atoms with Gasteiger partial charge in [0, 0.05) is 5.69 Å². The molecule has 1 aromatic carbocycles. The lowest BCUT2D eigenvalue weighted by Gasteiger charge is -2.09. The van der Waals surface area contributed by atoms with E-state index in [1.54, 1.807) is 0 Å². The molecule has 0 unspecified atom stereocenters. The Bertz CT molecular complexity index is 755. The molecule has 136 valence electrons. The van der Waals surface area contributed by atoms with E-state index in [9.17, 15) is 31.1 Å². The molecule has 0 saturated heterocycles. The quantitative estimate of drug-likeness (QED) is 0.480. The minimum absolute atomic E-state index is 0.101. The molecule has 0 spiro atoms. The van der Waals surface area contributed by atoms with Crippen molar-refractivity contribution in [2.75, 3.05) is 16.9 Å². The van der Waals surface area contributed by atoms with Crippen LogP contribution in [0.3, 0.4) is 0 Å². The Morgan fingerprint density at radius 3 is 2.16 bits per heavy atom. The fourth-order valence-electron chi connectivity index (χ4n) is 1.64. The molecule has 0 aliphatic carbocycles. The molecule has 1 amide bonds. The van der Waals surface area contributed by atoms with E-state index in [1.807, 2.05) is 0 Å². The number of benzene rings is 1. The van der Waals surface area contributed by atoms with Gasteiger partial charge in [0.2, 0.25) is 11.1 Å². The second-order valence-electron chi connectivity index (χ2n) is 4.59. The molecule has 0 aliphatic rings. The van der Waals surface area contributed by atoms with Gasteiger partial charge in [-0.15, -0.1) is 10.2 Å². The van der Waals surface area contributed by atoms with Crippen LogP contribution in [0.2, 0.25) is 0 Å². The summed E-state index contributed by atoms with van der Waals surface area (Å²) in [6.07, 6.45) is -9.29. The molecule has 0 fully saturated rings. The van der Waals surface area contributed by atoms with E-state index >= 15 is 0 Å². The number of rotatable bonds is 4. The summed E-state index contributed by atoms with van der Waals surface area (Å²) in [5.74, 6) is 2.75. The van der Waals surface area contributed by atoms with E-state index in [0.29, 0.717) is 11.8 Å². The third-order valence-electron chi connectivity index (χ3n) is 2.75. The number of carbonyl (C=O) groups is 1. The number of alkyl halides is 6. The Kier molecular flexibility index (Phi) is 5.15. The highest BCUT2D eigenvalue weighted by Crippen LogP contribution is 2.30. The number of nitrogen functional groups attached to an aromatic ring is 1. The molecular weight excluding hydrogens is 376 g/mol. The number of aromatic nitrogens is 3. The number of hydrogen-bond acceptors (Lipinski definition) is 5. The molecule has 6 nitrogen and oxygen atoms in total. The van der Waals surface area contributed by atoms with Gasteiger partial charge in [0.15, 0.2) is 0 Å². The van der Waals surface area contributed by atoms with Crippen molar-refractivity contribution in [3.05, 3.63) is 35.7 Å². The van der Waals surface area contributed by atoms with E-state index in [4.69, 9.17) is 5.84 Å². The summed E-state index contributed by atoms with van der Waals surface area (Å²) in [7, 11) is 0. The molecule has 3 N–H and O–H groups in total. The lowest BCUT2D eigenvalue weighted by molar-refractivity contribution is -0.146. The van der Waals surface area contributed by atoms with Crippen LogP contribution in [-0.2, 0) is 17.1 Å². The van der Waals surface area contributed by atoms with Crippen LogP contribution in [0.5, 0.6) is 0 Å².